The van der Waals surface area contributed by atoms with Crippen LogP contribution in [0.3, 0.4) is 0 Å². The van der Waals surface area contributed by atoms with Crippen LogP contribution in [0.1, 0.15) is 39.2 Å². The van der Waals surface area contributed by atoms with Gasteiger partial charge < -0.3 is 19.6 Å². The molecule has 0 aliphatic carbocycles. The predicted octanol–water partition coefficient (Wildman–Crippen LogP) is 3.61. The van der Waals surface area contributed by atoms with E-state index in [2.05, 4.69) is 15.1 Å². The second-order valence-corrected chi connectivity index (χ2v) is 8.98. The van der Waals surface area contributed by atoms with Crippen LogP contribution in [0.25, 0.3) is 11.1 Å². The number of aromatic nitrogens is 2. The number of nitrogens with zero attached hydrogens (tertiary/aromatic N) is 5. The van der Waals surface area contributed by atoms with E-state index in [1.807, 2.05) is 25.7 Å². The van der Waals surface area contributed by atoms with Crippen LogP contribution in [0.4, 0.5) is 15.1 Å². The van der Waals surface area contributed by atoms with E-state index in [9.17, 15) is 14.3 Å². The molecule has 1 aliphatic heterocycles. The number of piperidine rings is 1. The Morgan fingerprint density at radius 2 is 1.91 bits per heavy atom. The number of amides is 1. The minimum Gasteiger partial charge on any atom is -0.453 e. The van der Waals surface area contributed by atoms with Crippen molar-refractivity contribution in [2.45, 2.75) is 45.8 Å². The van der Waals surface area contributed by atoms with Gasteiger partial charge in [-0.25, -0.2) is 19.2 Å². The quantitative estimate of drug-likeness (QED) is 0.484. The Bertz CT molecular complexity index is 997. The maximum atomic E-state index is 14.5. The minimum absolute atomic E-state index is 0.239. The Morgan fingerprint density at radius 3 is 2.50 bits per heavy atom. The molecule has 3 rings (SSSR count). The monoisotopic (exact) mass is 473 g/mol. The number of oxime groups is 1. The zero-order chi connectivity index (χ0) is 24.7. The van der Waals surface area contributed by atoms with Gasteiger partial charge in [0, 0.05) is 60.6 Å². The van der Waals surface area contributed by atoms with E-state index in [0.29, 0.717) is 49.6 Å². The molecule has 0 bridgehead atoms. The third kappa shape index (κ3) is 6.19. The van der Waals surface area contributed by atoms with E-state index in [1.54, 1.807) is 35.5 Å². The summed E-state index contributed by atoms with van der Waals surface area (Å²) in [6, 6.07) is 4.88. The number of aliphatic hydroxyl groups is 1. The summed E-state index contributed by atoms with van der Waals surface area (Å²) in [4.78, 5) is 29.9. The molecule has 1 amide bonds. The summed E-state index contributed by atoms with van der Waals surface area (Å²) in [7, 11) is 1.36. The molecule has 34 heavy (non-hydrogen) atoms. The number of benzene rings is 1. The van der Waals surface area contributed by atoms with Gasteiger partial charge >= 0.3 is 6.09 Å². The zero-order valence-electron chi connectivity index (χ0n) is 20.1. The van der Waals surface area contributed by atoms with Crippen molar-refractivity contribution in [2.75, 3.05) is 38.3 Å². The van der Waals surface area contributed by atoms with Crippen molar-refractivity contribution in [3.05, 3.63) is 42.0 Å². The van der Waals surface area contributed by atoms with Gasteiger partial charge in [-0.2, -0.15) is 0 Å². The number of carbonyl (C=O) groups is 1. The molecule has 0 atom stereocenters. The van der Waals surface area contributed by atoms with Crippen molar-refractivity contribution in [1.29, 1.82) is 0 Å². The maximum absolute atomic E-state index is 14.5. The molecule has 2 heterocycles. The van der Waals surface area contributed by atoms with Crippen molar-refractivity contribution >= 4 is 17.8 Å². The highest BCUT2D eigenvalue weighted by molar-refractivity contribution is 5.86. The first kappa shape index (κ1) is 25.4. The number of anilines is 1. The first-order valence-electron chi connectivity index (χ1n) is 11.2. The van der Waals surface area contributed by atoms with E-state index in [0.717, 1.165) is 5.71 Å². The molecule has 0 spiro atoms. The van der Waals surface area contributed by atoms with Gasteiger partial charge in [0.1, 0.15) is 12.4 Å². The number of halogens is 1. The lowest BCUT2D eigenvalue weighted by Gasteiger charge is -2.33. The van der Waals surface area contributed by atoms with E-state index < -0.39 is 11.9 Å². The molecule has 184 valence electrons. The summed E-state index contributed by atoms with van der Waals surface area (Å²) in [6.45, 7) is 7.46. The number of rotatable bonds is 7. The van der Waals surface area contributed by atoms with E-state index >= 15 is 0 Å². The van der Waals surface area contributed by atoms with Crippen molar-refractivity contribution in [1.82, 2.24) is 14.9 Å². The molecule has 1 saturated heterocycles. The van der Waals surface area contributed by atoms with Crippen LogP contribution in [-0.4, -0.2) is 70.7 Å². The maximum Gasteiger partial charge on any atom is 0.410 e. The highest BCUT2D eigenvalue weighted by Gasteiger charge is 2.27. The van der Waals surface area contributed by atoms with Gasteiger partial charge in [-0.3, -0.25) is 4.90 Å². The fraction of sp³-hybridized carbons (Fsp3) is 0.500. The van der Waals surface area contributed by atoms with Crippen molar-refractivity contribution in [3.8, 4) is 11.1 Å². The molecule has 0 unspecified atom stereocenters. The highest BCUT2D eigenvalue weighted by Crippen LogP contribution is 2.25. The van der Waals surface area contributed by atoms with Crippen LogP contribution < -0.4 is 4.90 Å². The van der Waals surface area contributed by atoms with Crippen LogP contribution in [0, 0.1) is 5.82 Å². The standard InChI is InChI=1S/C24H32FN5O4/c1-24(2,3)30(23(32)33-4)12-13-34-28-19-8-10-29(11-9-19)22-26-14-18(15-27-22)20-7-5-6-17(16-31)21(20)25/h5-7,14-15,31H,8-13,16H2,1-4H3. The van der Waals surface area contributed by atoms with Crippen LogP contribution >= 0.6 is 0 Å². The second-order valence-electron chi connectivity index (χ2n) is 8.98. The molecule has 1 fully saturated rings. The zero-order valence-corrected chi connectivity index (χ0v) is 20.1. The van der Waals surface area contributed by atoms with Crippen LogP contribution in [0.15, 0.2) is 35.7 Å². The fourth-order valence-electron chi connectivity index (χ4n) is 3.68. The summed E-state index contributed by atoms with van der Waals surface area (Å²) in [5.41, 5.74) is 1.72. The molecule has 2 aromatic rings. The average Bonchev–Trinajstić information content (AvgIpc) is 2.83. The van der Waals surface area contributed by atoms with Gasteiger partial charge in [-0.15, -0.1) is 0 Å². The normalized spacial score (nSPS) is 14.1. The molecule has 1 N–H and O–H groups in total. The molecule has 0 radical (unpaired) electrons. The topological polar surface area (TPSA) is 100 Å². The molecule has 1 aliphatic rings. The number of methoxy groups -OCH3 is 1. The number of ether oxygens (including phenoxy) is 1. The second kappa shape index (κ2) is 11.2. The number of hydrogen-bond donors (Lipinski definition) is 1. The SMILES string of the molecule is COC(=O)N(CCON=C1CCN(c2ncc(-c3cccc(CO)c3F)cn2)CC1)C(C)(C)C. The summed E-state index contributed by atoms with van der Waals surface area (Å²) in [6.07, 6.45) is 4.21. The summed E-state index contributed by atoms with van der Waals surface area (Å²) in [5, 5.41) is 13.5. The first-order chi connectivity index (χ1) is 16.2. The summed E-state index contributed by atoms with van der Waals surface area (Å²) >= 11 is 0. The molecule has 0 saturated carbocycles. The Hall–Kier alpha value is -3.27. The van der Waals surface area contributed by atoms with Gasteiger partial charge in [0.15, 0.2) is 0 Å². The Balaban J connectivity index is 1.52. The van der Waals surface area contributed by atoms with Crippen molar-refractivity contribution in [2.24, 2.45) is 5.16 Å². The Morgan fingerprint density at radius 1 is 1.24 bits per heavy atom. The Labute approximate surface area is 199 Å². The fourth-order valence-corrected chi connectivity index (χ4v) is 3.68. The van der Waals surface area contributed by atoms with Gasteiger partial charge in [-0.1, -0.05) is 23.4 Å². The minimum atomic E-state index is -0.461. The number of carbonyl (C=O) groups excluding carboxylic acids is 1. The van der Waals surface area contributed by atoms with Crippen LogP contribution in [-0.2, 0) is 16.2 Å². The lowest BCUT2D eigenvalue weighted by molar-refractivity contribution is 0.0536. The largest absolute Gasteiger partial charge is 0.453 e. The lowest BCUT2D eigenvalue weighted by atomic mass is 10.1. The number of aliphatic hydroxyl groups excluding tert-OH is 1. The molecule has 10 heteroatoms. The highest BCUT2D eigenvalue weighted by atomic mass is 19.1. The van der Waals surface area contributed by atoms with E-state index in [4.69, 9.17) is 9.57 Å². The molecule has 1 aromatic carbocycles. The van der Waals surface area contributed by atoms with Gasteiger partial charge in [0.2, 0.25) is 5.95 Å². The summed E-state index contributed by atoms with van der Waals surface area (Å²) < 4.78 is 19.3. The third-order valence-electron chi connectivity index (χ3n) is 5.63. The van der Waals surface area contributed by atoms with Crippen LogP contribution in [0.2, 0.25) is 0 Å². The Kier molecular flexibility index (Phi) is 8.38. The summed E-state index contributed by atoms with van der Waals surface area (Å²) in [5.74, 6) is 0.110. The first-order valence-corrected chi connectivity index (χ1v) is 11.2. The van der Waals surface area contributed by atoms with Gasteiger partial charge in [0.25, 0.3) is 0 Å². The molecule has 1 aromatic heterocycles. The third-order valence-corrected chi connectivity index (χ3v) is 5.63. The smallest absolute Gasteiger partial charge is 0.410 e. The predicted molar refractivity (Wildman–Crippen MR) is 127 cm³/mol. The van der Waals surface area contributed by atoms with Gasteiger partial charge in [0.05, 0.1) is 26.0 Å². The number of hydrogen-bond acceptors (Lipinski definition) is 8. The molecular weight excluding hydrogens is 441 g/mol. The van der Waals surface area contributed by atoms with Crippen molar-refractivity contribution < 1.29 is 23.9 Å². The van der Waals surface area contributed by atoms with Gasteiger partial charge in [-0.05, 0) is 20.8 Å². The van der Waals surface area contributed by atoms with Crippen molar-refractivity contribution in [3.63, 3.8) is 0 Å². The molecule has 9 nitrogen and oxygen atoms in total. The lowest BCUT2D eigenvalue weighted by Crippen LogP contribution is -2.47. The average molecular weight is 474 g/mol. The van der Waals surface area contributed by atoms with E-state index in [-0.39, 0.29) is 24.3 Å². The van der Waals surface area contributed by atoms with Crippen LogP contribution in [0.5, 0.6) is 0 Å². The molecular formula is C24H32FN5O4. The van der Waals surface area contributed by atoms with E-state index in [1.165, 1.54) is 7.11 Å².